The molecule has 2 aromatic heterocycles. The number of hydrogen-bond acceptors (Lipinski definition) is 6. The van der Waals surface area contributed by atoms with Crippen LogP contribution in [0.2, 0.25) is 0 Å². The van der Waals surface area contributed by atoms with Gasteiger partial charge in [-0.1, -0.05) is 42.1 Å². The van der Waals surface area contributed by atoms with E-state index in [2.05, 4.69) is 22.3 Å². The van der Waals surface area contributed by atoms with Gasteiger partial charge < -0.3 is 15.7 Å². The molecule has 0 aliphatic rings. The van der Waals surface area contributed by atoms with Crippen LogP contribution >= 0.6 is 11.8 Å². The number of rotatable bonds is 12. The zero-order valence-corrected chi connectivity index (χ0v) is 20.6. The molecule has 188 valence electrons. The molecule has 0 aliphatic carbocycles. The van der Waals surface area contributed by atoms with E-state index >= 15 is 0 Å². The summed E-state index contributed by atoms with van der Waals surface area (Å²) in [7, 11) is 0. The topological polar surface area (TPSA) is 136 Å². The minimum absolute atomic E-state index is 0.0431. The van der Waals surface area contributed by atoms with Gasteiger partial charge in [0.15, 0.2) is 5.17 Å². The Bertz CT molecular complexity index is 1290. The third kappa shape index (κ3) is 7.81. The SMILES string of the molecule is C=NC(=N)SCCNc1ccn2c(=O)c(C(=O)NC(CCCc3ccccc3)CC(=O)O)ccc2c1. The summed E-state index contributed by atoms with van der Waals surface area (Å²) in [5, 5.41) is 22.9. The molecule has 1 atom stereocenters. The molecule has 1 unspecified atom stereocenters. The standard InChI is InChI=1S/C26H29N5O4S/c1-28-26(27)36-15-13-29-19-12-14-31-21(16-19)10-11-22(25(31)35)24(34)30-20(17-23(32)33)9-5-8-18-6-3-2-4-7-18/h2-4,6-7,10-12,14,16,20,27,29H,1,5,8-9,13,15,17H2,(H,30,34)(H,32,33). The van der Waals surface area contributed by atoms with Crippen molar-refractivity contribution in [1.82, 2.24) is 9.72 Å². The maximum Gasteiger partial charge on any atom is 0.305 e. The quantitative estimate of drug-likeness (QED) is 0.168. The van der Waals surface area contributed by atoms with Crippen LogP contribution in [0.5, 0.6) is 0 Å². The molecule has 2 heterocycles. The molecule has 10 heteroatoms. The highest BCUT2D eigenvalue weighted by Crippen LogP contribution is 2.13. The molecule has 9 nitrogen and oxygen atoms in total. The van der Waals surface area contributed by atoms with Crippen molar-refractivity contribution in [3.05, 3.63) is 82.3 Å². The van der Waals surface area contributed by atoms with E-state index in [1.807, 2.05) is 30.3 Å². The normalized spacial score (nSPS) is 11.6. The molecule has 4 N–H and O–H groups in total. The van der Waals surface area contributed by atoms with E-state index in [9.17, 15) is 19.5 Å². The highest BCUT2D eigenvalue weighted by atomic mass is 32.2. The molecule has 0 bridgehead atoms. The number of benzene rings is 1. The summed E-state index contributed by atoms with van der Waals surface area (Å²) in [5.74, 6) is -0.957. The van der Waals surface area contributed by atoms with Crippen LogP contribution in [0.3, 0.4) is 0 Å². The van der Waals surface area contributed by atoms with Crippen molar-refractivity contribution in [1.29, 1.82) is 5.41 Å². The number of thioether (sulfide) groups is 1. The van der Waals surface area contributed by atoms with E-state index in [1.165, 1.54) is 22.2 Å². The maximum atomic E-state index is 13.0. The Morgan fingerprint density at radius 3 is 2.67 bits per heavy atom. The summed E-state index contributed by atoms with van der Waals surface area (Å²) in [5.41, 5.74) is 2.03. The Hall–Kier alpha value is -3.92. The van der Waals surface area contributed by atoms with Crippen molar-refractivity contribution in [3.63, 3.8) is 0 Å². The summed E-state index contributed by atoms with van der Waals surface area (Å²) in [6, 6.07) is 15.9. The molecule has 3 aromatic rings. The van der Waals surface area contributed by atoms with Gasteiger partial charge in [0.25, 0.3) is 11.5 Å². The minimum atomic E-state index is -1.01. The molecule has 1 aromatic carbocycles. The molecule has 0 saturated carbocycles. The Balaban J connectivity index is 1.65. The van der Waals surface area contributed by atoms with Crippen LogP contribution in [-0.4, -0.2) is 51.6 Å². The number of carboxylic acids is 1. The van der Waals surface area contributed by atoms with Crippen LogP contribution in [0.25, 0.3) is 5.52 Å². The first-order chi connectivity index (χ1) is 17.4. The van der Waals surface area contributed by atoms with E-state index in [1.54, 1.807) is 24.4 Å². The average Bonchev–Trinajstić information content (AvgIpc) is 2.86. The number of amides is 1. The van der Waals surface area contributed by atoms with E-state index in [0.717, 1.165) is 17.7 Å². The number of pyridine rings is 2. The third-order valence-corrected chi connectivity index (χ3v) is 6.34. The van der Waals surface area contributed by atoms with E-state index in [-0.39, 0.29) is 17.2 Å². The Labute approximate surface area is 213 Å². The van der Waals surface area contributed by atoms with Gasteiger partial charge in [-0.15, -0.1) is 0 Å². The molecule has 0 radical (unpaired) electrons. The number of carbonyl (C=O) groups excluding carboxylic acids is 1. The lowest BCUT2D eigenvalue weighted by molar-refractivity contribution is -0.137. The summed E-state index contributed by atoms with van der Waals surface area (Å²) in [4.78, 5) is 40.7. The summed E-state index contributed by atoms with van der Waals surface area (Å²) >= 11 is 1.27. The minimum Gasteiger partial charge on any atom is -0.481 e. The Morgan fingerprint density at radius 2 is 1.94 bits per heavy atom. The number of amidine groups is 1. The number of carboxylic acid groups (broad SMARTS) is 1. The molecule has 0 aliphatic heterocycles. The number of aliphatic carboxylic acids is 1. The molecule has 0 saturated heterocycles. The van der Waals surface area contributed by atoms with Crippen molar-refractivity contribution in [2.75, 3.05) is 17.6 Å². The Kier molecular flexibility index (Phi) is 9.82. The van der Waals surface area contributed by atoms with E-state index < -0.39 is 23.5 Å². The first-order valence-electron chi connectivity index (χ1n) is 11.5. The maximum absolute atomic E-state index is 13.0. The number of nitrogens with one attached hydrogen (secondary N) is 3. The van der Waals surface area contributed by atoms with Crippen LogP contribution in [0.15, 0.2) is 70.6 Å². The number of nitrogens with zero attached hydrogens (tertiary/aromatic N) is 2. The lowest BCUT2D eigenvalue weighted by Crippen LogP contribution is -2.39. The average molecular weight is 508 g/mol. The van der Waals surface area contributed by atoms with Crippen molar-refractivity contribution >= 4 is 46.7 Å². The van der Waals surface area contributed by atoms with Crippen molar-refractivity contribution < 1.29 is 14.7 Å². The van der Waals surface area contributed by atoms with Crippen molar-refractivity contribution in [2.24, 2.45) is 4.99 Å². The lowest BCUT2D eigenvalue weighted by Gasteiger charge is -2.17. The summed E-state index contributed by atoms with van der Waals surface area (Å²) in [6.45, 7) is 3.91. The molecule has 1 amide bonds. The van der Waals surface area contributed by atoms with Crippen LogP contribution in [-0.2, 0) is 11.2 Å². The second kappa shape index (κ2) is 13.2. The van der Waals surface area contributed by atoms with E-state index in [4.69, 9.17) is 5.41 Å². The number of fused-ring (bicyclic) bond motifs is 1. The zero-order valence-electron chi connectivity index (χ0n) is 19.8. The fourth-order valence-electron chi connectivity index (χ4n) is 3.77. The third-order valence-electron chi connectivity index (χ3n) is 5.53. The second-order valence-electron chi connectivity index (χ2n) is 8.15. The van der Waals surface area contributed by atoms with Crippen LogP contribution < -0.4 is 16.2 Å². The Morgan fingerprint density at radius 1 is 1.17 bits per heavy atom. The number of hydrogen-bond donors (Lipinski definition) is 4. The fourth-order valence-corrected chi connectivity index (χ4v) is 4.26. The second-order valence-corrected chi connectivity index (χ2v) is 9.23. The lowest BCUT2D eigenvalue weighted by atomic mass is 10.0. The molecule has 0 spiro atoms. The summed E-state index contributed by atoms with van der Waals surface area (Å²) in [6.07, 6.45) is 3.33. The number of anilines is 1. The van der Waals surface area contributed by atoms with Gasteiger partial charge in [0.2, 0.25) is 0 Å². The molecule has 36 heavy (non-hydrogen) atoms. The van der Waals surface area contributed by atoms with Gasteiger partial charge >= 0.3 is 5.97 Å². The predicted octanol–water partition coefficient (Wildman–Crippen LogP) is 3.68. The monoisotopic (exact) mass is 507 g/mol. The number of carbonyl (C=O) groups is 2. The predicted molar refractivity (Wildman–Crippen MR) is 145 cm³/mol. The van der Waals surface area contributed by atoms with Crippen molar-refractivity contribution in [3.8, 4) is 0 Å². The van der Waals surface area contributed by atoms with Gasteiger partial charge in [0, 0.05) is 30.2 Å². The van der Waals surface area contributed by atoms with Crippen molar-refractivity contribution in [2.45, 2.75) is 31.7 Å². The number of aliphatic imine (C=N–C) groups is 1. The smallest absolute Gasteiger partial charge is 0.305 e. The summed E-state index contributed by atoms with van der Waals surface area (Å²) < 4.78 is 1.38. The van der Waals surface area contributed by atoms with Gasteiger partial charge in [-0.3, -0.25) is 24.2 Å². The van der Waals surface area contributed by atoms with Gasteiger partial charge in [-0.2, -0.15) is 0 Å². The first-order valence-corrected chi connectivity index (χ1v) is 12.5. The first kappa shape index (κ1) is 26.7. The van der Waals surface area contributed by atoms with Gasteiger partial charge in [0.1, 0.15) is 5.56 Å². The van der Waals surface area contributed by atoms with Crippen LogP contribution in [0.1, 0.15) is 35.2 Å². The van der Waals surface area contributed by atoms with Gasteiger partial charge in [-0.05, 0) is 55.8 Å². The van der Waals surface area contributed by atoms with Gasteiger partial charge in [-0.25, -0.2) is 4.99 Å². The molecule has 3 rings (SSSR count). The molecular weight excluding hydrogens is 478 g/mol. The molecule has 0 fully saturated rings. The highest BCUT2D eigenvalue weighted by molar-refractivity contribution is 8.13. The highest BCUT2D eigenvalue weighted by Gasteiger charge is 2.19. The van der Waals surface area contributed by atoms with Gasteiger partial charge in [0.05, 0.1) is 11.9 Å². The van der Waals surface area contributed by atoms with Crippen LogP contribution in [0.4, 0.5) is 5.69 Å². The van der Waals surface area contributed by atoms with E-state index in [0.29, 0.717) is 30.7 Å². The number of aryl methyl sites for hydroxylation is 1. The zero-order chi connectivity index (χ0) is 25.9. The number of aromatic nitrogens is 1. The largest absolute Gasteiger partial charge is 0.481 e. The van der Waals surface area contributed by atoms with Crippen LogP contribution in [0, 0.1) is 5.41 Å². The fraction of sp³-hybridized carbons (Fsp3) is 0.269. The molecular formula is C26H29N5O4S.